The molecule has 3 rings (SSSR count). The molecule has 26 heavy (non-hydrogen) atoms. The Hall–Kier alpha value is -2.86. The molecule has 1 N–H and O–H groups in total. The average molecular weight is 369 g/mol. The van der Waals surface area contributed by atoms with Crippen LogP contribution < -0.4 is 10.1 Å². The zero-order valence-electron chi connectivity index (χ0n) is 14.3. The molecule has 0 saturated heterocycles. The summed E-state index contributed by atoms with van der Waals surface area (Å²) >= 11 is 0. The molecule has 0 saturated carbocycles. The molecule has 0 bridgehead atoms. The summed E-state index contributed by atoms with van der Waals surface area (Å²) in [6.45, 7) is 0. The van der Waals surface area contributed by atoms with Crippen LogP contribution in [0, 0.1) is 0 Å². The Kier molecular flexibility index (Phi) is 5.23. The minimum atomic E-state index is -3.53. The third-order valence-corrected chi connectivity index (χ3v) is 5.77. The van der Waals surface area contributed by atoms with Gasteiger partial charge < -0.3 is 10.1 Å². The van der Waals surface area contributed by atoms with Crippen LogP contribution in [0.3, 0.4) is 0 Å². The number of amides is 1. The summed E-state index contributed by atoms with van der Waals surface area (Å²) in [5.74, 6) is 0.0919. The molecule has 0 spiro atoms. The van der Waals surface area contributed by atoms with Gasteiger partial charge in [-0.05, 0) is 47.2 Å². The Morgan fingerprint density at radius 1 is 0.962 bits per heavy atom. The summed E-state index contributed by atoms with van der Waals surface area (Å²) in [7, 11) is -1.97. The molecule has 0 aliphatic rings. The Balaban J connectivity index is 1.65. The van der Waals surface area contributed by atoms with E-state index in [1.165, 1.54) is 0 Å². The van der Waals surface area contributed by atoms with E-state index < -0.39 is 9.84 Å². The molecule has 5 nitrogen and oxygen atoms in total. The number of hydrogen-bond donors (Lipinski definition) is 1. The molecule has 0 atom stereocenters. The van der Waals surface area contributed by atoms with Crippen LogP contribution in [0.25, 0.3) is 10.8 Å². The van der Waals surface area contributed by atoms with Crippen LogP contribution in [0.4, 0.5) is 5.69 Å². The number of rotatable bonds is 6. The highest BCUT2D eigenvalue weighted by atomic mass is 32.2. The minimum Gasteiger partial charge on any atom is -0.497 e. The molecule has 3 aromatic carbocycles. The van der Waals surface area contributed by atoms with E-state index in [2.05, 4.69) is 5.32 Å². The van der Waals surface area contributed by atoms with Crippen molar-refractivity contribution >= 4 is 32.2 Å². The summed E-state index contributed by atoms with van der Waals surface area (Å²) in [6.07, 6.45) is -0.110. The highest BCUT2D eigenvalue weighted by Crippen LogP contribution is 2.20. The number of carbonyl (C=O) groups is 1. The van der Waals surface area contributed by atoms with E-state index in [1.54, 1.807) is 49.6 Å². The molecule has 0 aliphatic heterocycles. The lowest BCUT2D eigenvalue weighted by Gasteiger charge is -2.08. The van der Waals surface area contributed by atoms with E-state index in [9.17, 15) is 13.2 Å². The van der Waals surface area contributed by atoms with Crippen molar-refractivity contribution in [2.24, 2.45) is 0 Å². The third kappa shape index (κ3) is 4.21. The maximum Gasteiger partial charge on any atom is 0.225 e. The van der Waals surface area contributed by atoms with E-state index in [-0.39, 0.29) is 23.0 Å². The van der Waals surface area contributed by atoms with Gasteiger partial charge in [-0.2, -0.15) is 0 Å². The summed E-state index contributed by atoms with van der Waals surface area (Å²) in [5.41, 5.74) is 0.596. The van der Waals surface area contributed by atoms with Crippen LogP contribution in [0.1, 0.15) is 6.42 Å². The second kappa shape index (κ2) is 7.58. The van der Waals surface area contributed by atoms with Gasteiger partial charge in [0.25, 0.3) is 0 Å². The van der Waals surface area contributed by atoms with Crippen molar-refractivity contribution in [2.45, 2.75) is 11.3 Å². The summed E-state index contributed by atoms with van der Waals surface area (Å²) in [4.78, 5) is 12.3. The number of sulfone groups is 1. The monoisotopic (exact) mass is 369 g/mol. The van der Waals surface area contributed by atoms with Crippen molar-refractivity contribution in [2.75, 3.05) is 18.2 Å². The fourth-order valence-corrected chi connectivity index (χ4v) is 3.88. The predicted molar refractivity (Wildman–Crippen MR) is 102 cm³/mol. The van der Waals surface area contributed by atoms with E-state index in [4.69, 9.17) is 4.74 Å². The van der Waals surface area contributed by atoms with Crippen LogP contribution in [-0.4, -0.2) is 27.2 Å². The van der Waals surface area contributed by atoms with Crippen molar-refractivity contribution in [3.63, 3.8) is 0 Å². The number of benzene rings is 3. The Morgan fingerprint density at radius 2 is 1.65 bits per heavy atom. The van der Waals surface area contributed by atoms with Crippen molar-refractivity contribution in [3.8, 4) is 5.75 Å². The molecule has 0 radical (unpaired) electrons. The van der Waals surface area contributed by atoms with Gasteiger partial charge in [-0.15, -0.1) is 0 Å². The van der Waals surface area contributed by atoms with Crippen LogP contribution in [0.5, 0.6) is 5.75 Å². The number of nitrogens with one attached hydrogen (secondary N) is 1. The Morgan fingerprint density at radius 3 is 2.35 bits per heavy atom. The minimum absolute atomic E-state index is 0.110. The van der Waals surface area contributed by atoms with Crippen molar-refractivity contribution in [1.29, 1.82) is 0 Å². The second-order valence-electron chi connectivity index (χ2n) is 5.85. The third-order valence-electron chi connectivity index (χ3n) is 4.05. The van der Waals surface area contributed by atoms with Crippen LogP contribution in [-0.2, 0) is 14.6 Å². The molecule has 0 unspecified atom stereocenters. The molecular weight excluding hydrogens is 350 g/mol. The summed E-state index contributed by atoms with van der Waals surface area (Å²) in [6, 6.07) is 19.4. The Labute approximate surface area is 152 Å². The quantitative estimate of drug-likeness (QED) is 0.720. The smallest absolute Gasteiger partial charge is 0.225 e. The molecule has 134 valence electrons. The van der Waals surface area contributed by atoms with Gasteiger partial charge in [0.15, 0.2) is 9.84 Å². The number of methoxy groups -OCH3 is 1. The summed E-state index contributed by atoms with van der Waals surface area (Å²) < 4.78 is 30.1. The molecular formula is C20H19NO4S. The second-order valence-corrected chi connectivity index (χ2v) is 7.96. The van der Waals surface area contributed by atoms with E-state index >= 15 is 0 Å². The van der Waals surface area contributed by atoms with Gasteiger partial charge in [-0.3, -0.25) is 4.79 Å². The Bertz CT molecular complexity index is 1030. The molecule has 6 heteroatoms. The first-order valence-corrected chi connectivity index (χ1v) is 9.79. The fourth-order valence-electron chi connectivity index (χ4n) is 2.60. The number of hydrogen-bond acceptors (Lipinski definition) is 4. The average Bonchev–Trinajstić information content (AvgIpc) is 2.67. The van der Waals surface area contributed by atoms with Crippen LogP contribution in [0.15, 0.2) is 71.6 Å². The molecule has 0 aromatic heterocycles. The van der Waals surface area contributed by atoms with E-state index in [1.807, 2.05) is 24.3 Å². The number of ether oxygens (including phenoxy) is 1. The van der Waals surface area contributed by atoms with E-state index in [0.29, 0.717) is 11.4 Å². The first kappa shape index (κ1) is 17.9. The van der Waals surface area contributed by atoms with Crippen LogP contribution in [0.2, 0.25) is 0 Å². The first-order chi connectivity index (χ1) is 12.5. The standard InChI is InChI=1S/C20H19NO4S/c1-25-18-9-7-17(8-10-18)21-20(22)12-13-26(23,24)19-11-6-15-4-2-3-5-16(15)14-19/h2-11,14H,12-13H2,1H3,(H,21,22). The topological polar surface area (TPSA) is 72.5 Å². The lowest BCUT2D eigenvalue weighted by atomic mass is 10.1. The molecule has 0 heterocycles. The van der Waals surface area contributed by atoms with Gasteiger partial charge in [-0.25, -0.2) is 8.42 Å². The SMILES string of the molecule is COc1ccc(NC(=O)CCS(=O)(=O)c2ccc3ccccc3c2)cc1. The van der Waals surface area contributed by atoms with Crippen LogP contribution >= 0.6 is 0 Å². The van der Waals surface area contributed by atoms with Gasteiger partial charge >= 0.3 is 0 Å². The maximum absolute atomic E-state index is 12.5. The molecule has 1 amide bonds. The van der Waals surface area contributed by atoms with Gasteiger partial charge in [-0.1, -0.05) is 30.3 Å². The maximum atomic E-state index is 12.5. The van der Waals surface area contributed by atoms with E-state index in [0.717, 1.165) is 10.8 Å². The van der Waals surface area contributed by atoms with Gasteiger partial charge in [0, 0.05) is 12.1 Å². The molecule has 0 fully saturated rings. The lowest BCUT2D eigenvalue weighted by molar-refractivity contribution is -0.115. The normalized spacial score (nSPS) is 11.3. The number of carbonyl (C=O) groups excluding carboxylic acids is 1. The number of fused-ring (bicyclic) bond motifs is 1. The molecule has 3 aromatic rings. The fraction of sp³-hybridized carbons (Fsp3) is 0.150. The van der Waals surface area contributed by atoms with Crippen molar-refractivity contribution in [3.05, 3.63) is 66.7 Å². The first-order valence-electron chi connectivity index (χ1n) is 8.13. The van der Waals surface area contributed by atoms with Gasteiger partial charge in [0.1, 0.15) is 5.75 Å². The highest BCUT2D eigenvalue weighted by Gasteiger charge is 2.17. The number of anilines is 1. The molecule has 0 aliphatic carbocycles. The lowest BCUT2D eigenvalue weighted by Crippen LogP contribution is -2.17. The van der Waals surface area contributed by atoms with Gasteiger partial charge in [0.05, 0.1) is 17.8 Å². The zero-order valence-corrected chi connectivity index (χ0v) is 15.1. The largest absolute Gasteiger partial charge is 0.497 e. The van der Waals surface area contributed by atoms with Crippen molar-refractivity contribution in [1.82, 2.24) is 0 Å². The highest BCUT2D eigenvalue weighted by molar-refractivity contribution is 7.91. The predicted octanol–water partition coefficient (Wildman–Crippen LogP) is 3.65. The zero-order chi connectivity index (χ0) is 18.6. The van der Waals surface area contributed by atoms with Gasteiger partial charge in [0.2, 0.25) is 5.91 Å². The summed E-state index contributed by atoms with van der Waals surface area (Å²) in [5, 5.41) is 4.52. The van der Waals surface area contributed by atoms with Crippen molar-refractivity contribution < 1.29 is 17.9 Å².